The van der Waals surface area contributed by atoms with Gasteiger partial charge in [0, 0.05) is 6.42 Å². The molecule has 0 saturated carbocycles. The van der Waals surface area contributed by atoms with E-state index in [9.17, 15) is 0 Å². The second-order valence-corrected chi connectivity index (χ2v) is 1.39. The van der Waals surface area contributed by atoms with Gasteiger partial charge in [0.05, 0.1) is 0 Å². The predicted octanol–water partition coefficient (Wildman–Crippen LogP) is 1.91. The third-order valence-corrected chi connectivity index (χ3v) is 0.635. The fraction of sp³-hybridized carbons (Fsp3) is 0.125. The van der Waals surface area contributed by atoms with Crippen LogP contribution in [-0.4, -0.2) is 0 Å². The lowest BCUT2D eigenvalue weighted by Crippen LogP contribution is -1.67. The molecule has 0 N–H and O–H groups in total. The molecule has 0 atom stereocenters. The molecule has 0 saturated heterocycles. The van der Waals surface area contributed by atoms with Crippen molar-refractivity contribution in [2.45, 2.75) is 6.42 Å². The third-order valence-electron chi connectivity index (χ3n) is 0.635. The van der Waals surface area contributed by atoms with E-state index < -0.39 is 0 Å². The molecule has 0 bridgehead atoms. The van der Waals surface area contributed by atoms with Crippen molar-refractivity contribution < 1.29 is 0 Å². The summed E-state index contributed by atoms with van der Waals surface area (Å²) in [7, 11) is 0. The molecule has 0 unspecified atom stereocenters. The van der Waals surface area contributed by atoms with Crippen molar-refractivity contribution in [3.8, 4) is 12.3 Å². The van der Waals surface area contributed by atoms with Crippen molar-refractivity contribution in [3.05, 3.63) is 30.5 Å². The molecule has 0 heteroatoms. The van der Waals surface area contributed by atoms with Crippen LogP contribution in [0.15, 0.2) is 30.5 Å². The smallest absolute Gasteiger partial charge is 0.0337 e. The van der Waals surface area contributed by atoms with Crippen LogP contribution in [0.5, 0.6) is 0 Å². The summed E-state index contributed by atoms with van der Waals surface area (Å²) in [6.45, 7) is 7.01. The molecular formula is C8H8. The van der Waals surface area contributed by atoms with Crippen LogP contribution in [0.25, 0.3) is 0 Å². The molecule has 0 fully saturated rings. The molecule has 0 heterocycles. The van der Waals surface area contributed by atoms with E-state index in [1.54, 1.807) is 6.08 Å². The molecule has 0 nitrogen and oxygen atoms in total. The summed E-state index contributed by atoms with van der Waals surface area (Å²) in [5.41, 5.74) is 3.46. The van der Waals surface area contributed by atoms with Crippen LogP contribution < -0.4 is 0 Å². The molecule has 0 aromatic heterocycles. The standard InChI is InChI=1S/C8H8/c1-4-6-8(3)7-5-2/h1,7H,2-3,6H2. The topological polar surface area (TPSA) is 0 Å². The highest BCUT2D eigenvalue weighted by Crippen LogP contribution is 1.94. The van der Waals surface area contributed by atoms with Crippen LogP contribution in [0, 0.1) is 12.3 Å². The summed E-state index contributed by atoms with van der Waals surface area (Å²) in [6.07, 6.45) is 7.25. The molecule has 0 aromatic carbocycles. The van der Waals surface area contributed by atoms with E-state index in [4.69, 9.17) is 6.42 Å². The van der Waals surface area contributed by atoms with E-state index in [1.807, 2.05) is 0 Å². The predicted molar refractivity (Wildman–Crippen MR) is 36.3 cm³/mol. The van der Waals surface area contributed by atoms with Gasteiger partial charge in [0.15, 0.2) is 0 Å². The Labute approximate surface area is 50.2 Å². The Morgan fingerprint density at radius 2 is 2.38 bits per heavy atom. The first kappa shape index (κ1) is 6.82. The molecule has 0 aliphatic carbocycles. The van der Waals surface area contributed by atoms with Crippen LogP contribution in [0.4, 0.5) is 0 Å². The van der Waals surface area contributed by atoms with Gasteiger partial charge in [-0.1, -0.05) is 13.2 Å². The van der Waals surface area contributed by atoms with Gasteiger partial charge in [-0.2, -0.15) is 0 Å². The maximum absolute atomic E-state index is 4.98. The largest absolute Gasteiger partial charge is 0.128 e. The van der Waals surface area contributed by atoms with E-state index in [-0.39, 0.29) is 0 Å². The Morgan fingerprint density at radius 3 is 2.75 bits per heavy atom. The zero-order chi connectivity index (χ0) is 6.41. The van der Waals surface area contributed by atoms with Gasteiger partial charge in [0.1, 0.15) is 0 Å². The Kier molecular flexibility index (Phi) is 3.40. The van der Waals surface area contributed by atoms with E-state index in [2.05, 4.69) is 24.8 Å². The van der Waals surface area contributed by atoms with Gasteiger partial charge in [-0.25, -0.2) is 0 Å². The summed E-state index contributed by atoms with van der Waals surface area (Å²) < 4.78 is 0. The van der Waals surface area contributed by atoms with Gasteiger partial charge in [0.25, 0.3) is 0 Å². The van der Waals surface area contributed by atoms with Crippen molar-refractivity contribution in [1.82, 2.24) is 0 Å². The number of hydrogen-bond acceptors (Lipinski definition) is 0. The SMILES string of the molecule is C#CCC(=C)C=C=C. The molecule has 0 rings (SSSR count). The monoisotopic (exact) mass is 104 g/mol. The Morgan fingerprint density at radius 1 is 1.75 bits per heavy atom. The van der Waals surface area contributed by atoms with Crippen LogP contribution in [0.1, 0.15) is 6.42 Å². The fourth-order valence-electron chi connectivity index (χ4n) is 0.326. The van der Waals surface area contributed by atoms with Crippen molar-refractivity contribution >= 4 is 0 Å². The Bertz CT molecular complexity index is 161. The average Bonchev–Trinajstić information content (AvgIpc) is 1.68. The number of hydrogen-bond donors (Lipinski definition) is 0. The molecule has 0 amide bonds. The zero-order valence-corrected chi connectivity index (χ0v) is 4.78. The highest BCUT2D eigenvalue weighted by Gasteiger charge is 1.78. The zero-order valence-electron chi connectivity index (χ0n) is 4.78. The van der Waals surface area contributed by atoms with Crippen LogP contribution >= 0.6 is 0 Å². The van der Waals surface area contributed by atoms with Gasteiger partial charge >= 0.3 is 0 Å². The maximum Gasteiger partial charge on any atom is 0.0337 e. The molecule has 0 radical (unpaired) electrons. The first-order valence-electron chi connectivity index (χ1n) is 2.28. The second kappa shape index (κ2) is 3.99. The summed E-state index contributed by atoms with van der Waals surface area (Å²) in [5.74, 6) is 2.45. The lowest BCUT2D eigenvalue weighted by molar-refractivity contribution is 1.36. The normalized spacial score (nSPS) is 6.38. The lowest BCUT2D eigenvalue weighted by atomic mass is 10.2. The molecule has 0 spiro atoms. The summed E-state index contributed by atoms with van der Waals surface area (Å²) in [4.78, 5) is 0. The summed E-state index contributed by atoms with van der Waals surface area (Å²) in [5, 5.41) is 0. The van der Waals surface area contributed by atoms with Crippen molar-refractivity contribution in [3.63, 3.8) is 0 Å². The lowest BCUT2D eigenvalue weighted by Gasteiger charge is -1.83. The van der Waals surface area contributed by atoms with Crippen LogP contribution in [0.3, 0.4) is 0 Å². The maximum atomic E-state index is 4.98. The first-order chi connectivity index (χ1) is 3.81. The number of rotatable bonds is 2. The molecule has 40 valence electrons. The highest BCUT2D eigenvalue weighted by molar-refractivity contribution is 5.18. The van der Waals surface area contributed by atoms with Gasteiger partial charge < -0.3 is 0 Å². The van der Waals surface area contributed by atoms with E-state index >= 15 is 0 Å². The van der Waals surface area contributed by atoms with E-state index in [0.717, 1.165) is 5.57 Å². The average molecular weight is 104 g/mol. The fourth-order valence-corrected chi connectivity index (χ4v) is 0.326. The quantitative estimate of drug-likeness (QED) is 0.285. The molecule has 0 aliphatic heterocycles. The van der Waals surface area contributed by atoms with E-state index in [1.165, 1.54) is 0 Å². The molecule has 0 aliphatic rings. The minimum absolute atomic E-state index is 0.586. The van der Waals surface area contributed by atoms with Crippen molar-refractivity contribution in [2.75, 3.05) is 0 Å². The van der Waals surface area contributed by atoms with Crippen LogP contribution in [-0.2, 0) is 0 Å². The third kappa shape index (κ3) is 3.03. The van der Waals surface area contributed by atoms with Crippen LogP contribution in [0.2, 0.25) is 0 Å². The van der Waals surface area contributed by atoms with Crippen molar-refractivity contribution in [1.29, 1.82) is 0 Å². The van der Waals surface area contributed by atoms with Gasteiger partial charge in [-0.15, -0.1) is 18.1 Å². The summed E-state index contributed by atoms with van der Waals surface area (Å²) >= 11 is 0. The minimum atomic E-state index is 0.586. The van der Waals surface area contributed by atoms with E-state index in [0.29, 0.717) is 6.42 Å². The van der Waals surface area contributed by atoms with Gasteiger partial charge in [-0.3, -0.25) is 0 Å². The Balaban J connectivity index is 3.70. The number of terminal acetylenes is 1. The Hall–Kier alpha value is -1.18. The molecule has 8 heavy (non-hydrogen) atoms. The van der Waals surface area contributed by atoms with Gasteiger partial charge in [0.2, 0.25) is 0 Å². The molecular weight excluding hydrogens is 96.1 g/mol. The summed E-state index contributed by atoms with van der Waals surface area (Å²) in [6, 6.07) is 0. The minimum Gasteiger partial charge on any atom is -0.128 e. The number of allylic oxidation sites excluding steroid dienone is 2. The molecule has 0 aromatic rings. The highest BCUT2D eigenvalue weighted by atomic mass is 13.8. The first-order valence-corrected chi connectivity index (χ1v) is 2.28. The van der Waals surface area contributed by atoms with Gasteiger partial charge in [-0.05, 0) is 11.6 Å². The van der Waals surface area contributed by atoms with Crippen molar-refractivity contribution in [2.24, 2.45) is 0 Å². The second-order valence-electron chi connectivity index (χ2n) is 1.39.